The van der Waals surface area contributed by atoms with Crippen molar-refractivity contribution in [2.75, 3.05) is 13.7 Å². The second kappa shape index (κ2) is 6.11. The molecule has 1 unspecified atom stereocenters. The first-order valence-electron chi connectivity index (χ1n) is 4.65. The molecule has 16 heavy (non-hydrogen) atoms. The van der Waals surface area contributed by atoms with E-state index in [-0.39, 0.29) is 12.6 Å². The van der Waals surface area contributed by atoms with E-state index in [4.69, 9.17) is 16.3 Å². The van der Waals surface area contributed by atoms with Crippen molar-refractivity contribution in [3.05, 3.63) is 28.8 Å². The van der Waals surface area contributed by atoms with E-state index in [9.17, 15) is 4.79 Å². The summed E-state index contributed by atoms with van der Waals surface area (Å²) in [6.07, 6.45) is 0. The van der Waals surface area contributed by atoms with Crippen LogP contribution < -0.4 is 4.74 Å². The van der Waals surface area contributed by atoms with Crippen molar-refractivity contribution in [3.63, 3.8) is 0 Å². The summed E-state index contributed by atoms with van der Waals surface area (Å²) >= 11 is 9.13. The molecular weight excluding hydrogens is 295 g/mol. The van der Waals surface area contributed by atoms with Gasteiger partial charge in [-0.25, -0.2) is 0 Å². The highest BCUT2D eigenvalue weighted by molar-refractivity contribution is 9.10. The minimum absolute atomic E-state index is 0.176. The van der Waals surface area contributed by atoms with Gasteiger partial charge in [-0.3, -0.25) is 4.79 Å². The predicted molar refractivity (Wildman–Crippen MR) is 66.4 cm³/mol. The smallest absolute Gasteiger partial charge is 0.322 e. The van der Waals surface area contributed by atoms with Gasteiger partial charge in [0.2, 0.25) is 0 Å². The standard InChI is InChI=1S/C11H12BrClO3/c1-7-3-4-10(9(13)5-7)16-6-8(12)11(14)15-2/h3-5,8H,6H2,1-2H3. The van der Waals surface area contributed by atoms with Gasteiger partial charge in [-0.2, -0.15) is 0 Å². The largest absolute Gasteiger partial charge is 0.490 e. The van der Waals surface area contributed by atoms with Crippen molar-refractivity contribution in [1.82, 2.24) is 0 Å². The number of hydrogen-bond donors (Lipinski definition) is 0. The second-order valence-corrected chi connectivity index (χ2v) is 4.75. The van der Waals surface area contributed by atoms with Crippen LogP contribution in [0.15, 0.2) is 18.2 Å². The van der Waals surface area contributed by atoms with Gasteiger partial charge in [-0.15, -0.1) is 0 Å². The summed E-state index contributed by atoms with van der Waals surface area (Å²) in [6.45, 7) is 2.12. The van der Waals surface area contributed by atoms with E-state index in [0.29, 0.717) is 10.8 Å². The number of methoxy groups -OCH3 is 1. The lowest BCUT2D eigenvalue weighted by Gasteiger charge is -2.11. The quantitative estimate of drug-likeness (QED) is 0.634. The number of aryl methyl sites for hydroxylation is 1. The van der Waals surface area contributed by atoms with Gasteiger partial charge in [0.15, 0.2) is 0 Å². The maximum atomic E-state index is 11.1. The zero-order valence-corrected chi connectivity index (χ0v) is 11.3. The first-order valence-corrected chi connectivity index (χ1v) is 5.95. The van der Waals surface area contributed by atoms with Crippen LogP contribution in [0.1, 0.15) is 5.56 Å². The van der Waals surface area contributed by atoms with Gasteiger partial charge in [0.05, 0.1) is 12.1 Å². The van der Waals surface area contributed by atoms with E-state index in [1.54, 1.807) is 12.1 Å². The van der Waals surface area contributed by atoms with Crippen LogP contribution >= 0.6 is 27.5 Å². The van der Waals surface area contributed by atoms with E-state index in [0.717, 1.165) is 5.56 Å². The van der Waals surface area contributed by atoms with Gasteiger partial charge >= 0.3 is 5.97 Å². The monoisotopic (exact) mass is 306 g/mol. The Morgan fingerprint density at radius 2 is 2.25 bits per heavy atom. The van der Waals surface area contributed by atoms with Crippen molar-refractivity contribution in [2.24, 2.45) is 0 Å². The molecule has 0 heterocycles. The Balaban J connectivity index is 2.58. The minimum Gasteiger partial charge on any atom is -0.490 e. The Kier molecular flexibility index (Phi) is 5.09. The third kappa shape index (κ3) is 3.68. The molecule has 0 N–H and O–H groups in total. The van der Waals surface area contributed by atoms with E-state index >= 15 is 0 Å². The molecule has 0 radical (unpaired) electrons. The number of esters is 1. The van der Waals surface area contributed by atoms with Crippen molar-refractivity contribution in [3.8, 4) is 5.75 Å². The summed E-state index contributed by atoms with van der Waals surface area (Å²) in [5.74, 6) is 0.184. The van der Waals surface area contributed by atoms with E-state index in [1.165, 1.54) is 7.11 Å². The molecule has 1 aromatic carbocycles. The Morgan fingerprint density at radius 1 is 1.56 bits per heavy atom. The minimum atomic E-state index is -0.491. The number of carbonyl (C=O) groups excluding carboxylic acids is 1. The maximum Gasteiger partial charge on any atom is 0.322 e. The first-order chi connectivity index (χ1) is 7.54. The molecule has 0 bridgehead atoms. The van der Waals surface area contributed by atoms with Gasteiger partial charge in [-0.05, 0) is 24.6 Å². The molecule has 0 aromatic heterocycles. The number of ether oxygens (including phenoxy) is 2. The number of halogens is 2. The molecule has 3 nitrogen and oxygen atoms in total. The predicted octanol–water partition coefficient (Wildman–Crippen LogP) is 2.96. The van der Waals surface area contributed by atoms with Gasteiger partial charge < -0.3 is 9.47 Å². The summed E-state index contributed by atoms with van der Waals surface area (Å²) < 4.78 is 9.95. The SMILES string of the molecule is COC(=O)C(Br)COc1ccc(C)cc1Cl. The Hall–Kier alpha value is -0.740. The number of alkyl halides is 1. The summed E-state index contributed by atoms with van der Waals surface area (Å²) in [6, 6.07) is 5.47. The molecule has 0 aliphatic rings. The van der Waals surface area contributed by atoms with E-state index < -0.39 is 4.83 Å². The van der Waals surface area contributed by atoms with Crippen LogP contribution in [0.3, 0.4) is 0 Å². The molecule has 1 aromatic rings. The first kappa shape index (κ1) is 13.3. The molecule has 0 saturated carbocycles. The molecule has 0 aliphatic heterocycles. The number of benzene rings is 1. The van der Waals surface area contributed by atoms with Gasteiger partial charge in [-0.1, -0.05) is 33.6 Å². The lowest BCUT2D eigenvalue weighted by molar-refractivity contribution is -0.140. The normalized spacial score (nSPS) is 12.0. The Morgan fingerprint density at radius 3 is 2.81 bits per heavy atom. The van der Waals surface area contributed by atoms with Crippen LogP contribution in [-0.2, 0) is 9.53 Å². The fourth-order valence-corrected chi connectivity index (χ4v) is 1.69. The van der Waals surface area contributed by atoms with Gasteiger partial charge in [0, 0.05) is 0 Å². The maximum absolute atomic E-state index is 11.1. The molecule has 0 fully saturated rings. The summed E-state index contributed by atoms with van der Waals surface area (Å²) in [5, 5.41) is 0.532. The lowest BCUT2D eigenvalue weighted by Crippen LogP contribution is -2.23. The molecule has 0 amide bonds. The topological polar surface area (TPSA) is 35.5 Å². The van der Waals surface area contributed by atoms with E-state index in [1.807, 2.05) is 13.0 Å². The van der Waals surface area contributed by atoms with Gasteiger partial charge in [0.1, 0.15) is 17.2 Å². The van der Waals surface area contributed by atoms with Crippen LogP contribution in [0.5, 0.6) is 5.75 Å². The zero-order chi connectivity index (χ0) is 12.1. The van der Waals surface area contributed by atoms with Crippen molar-refractivity contribution in [2.45, 2.75) is 11.8 Å². The van der Waals surface area contributed by atoms with Crippen LogP contribution in [-0.4, -0.2) is 24.5 Å². The van der Waals surface area contributed by atoms with Crippen molar-refractivity contribution < 1.29 is 14.3 Å². The zero-order valence-electron chi connectivity index (χ0n) is 9.00. The third-order valence-corrected chi connectivity index (χ3v) is 2.86. The highest BCUT2D eigenvalue weighted by Crippen LogP contribution is 2.25. The molecule has 0 saturated heterocycles. The highest BCUT2D eigenvalue weighted by atomic mass is 79.9. The highest BCUT2D eigenvalue weighted by Gasteiger charge is 2.16. The lowest BCUT2D eigenvalue weighted by atomic mass is 10.2. The number of carbonyl (C=O) groups is 1. The molecule has 1 rings (SSSR count). The third-order valence-electron chi connectivity index (χ3n) is 1.93. The van der Waals surface area contributed by atoms with Crippen molar-refractivity contribution in [1.29, 1.82) is 0 Å². The molecular formula is C11H12BrClO3. The molecule has 0 aliphatic carbocycles. The fraction of sp³-hybridized carbons (Fsp3) is 0.364. The molecule has 88 valence electrons. The Bertz CT molecular complexity index is 381. The number of hydrogen-bond acceptors (Lipinski definition) is 3. The van der Waals surface area contributed by atoms with Crippen LogP contribution in [0.4, 0.5) is 0 Å². The van der Waals surface area contributed by atoms with Crippen molar-refractivity contribution >= 4 is 33.5 Å². The second-order valence-electron chi connectivity index (χ2n) is 3.24. The molecule has 1 atom stereocenters. The molecule has 0 spiro atoms. The summed E-state index contributed by atoms with van der Waals surface area (Å²) in [4.78, 5) is 10.6. The van der Waals surface area contributed by atoms with Crippen LogP contribution in [0.25, 0.3) is 0 Å². The fourth-order valence-electron chi connectivity index (χ4n) is 1.08. The summed E-state index contributed by atoms with van der Waals surface area (Å²) in [5.41, 5.74) is 1.06. The average molecular weight is 308 g/mol. The Labute approximate surface area is 108 Å². The summed E-state index contributed by atoms with van der Waals surface area (Å²) in [7, 11) is 1.33. The van der Waals surface area contributed by atoms with Gasteiger partial charge in [0.25, 0.3) is 0 Å². The van der Waals surface area contributed by atoms with Crippen LogP contribution in [0, 0.1) is 6.92 Å². The van der Waals surface area contributed by atoms with Crippen LogP contribution in [0.2, 0.25) is 5.02 Å². The van der Waals surface area contributed by atoms with E-state index in [2.05, 4.69) is 20.7 Å². The molecule has 5 heteroatoms. The average Bonchev–Trinajstić information content (AvgIpc) is 2.26. The number of rotatable bonds is 4.